The van der Waals surface area contributed by atoms with Gasteiger partial charge in [-0.3, -0.25) is 4.79 Å². The maximum absolute atomic E-state index is 13.2. The fourth-order valence-electron chi connectivity index (χ4n) is 3.99. The molecule has 1 fully saturated rings. The van der Waals surface area contributed by atoms with Crippen LogP contribution in [0.25, 0.3) is 15.9 Å². The van der Waals surface area contributed by atoms with Crippen LogP contribution in [0.2, 0.25) is 0 Å². The number of aryl methyl sites for hydroxylation is 2. The van der Waals surface area contributed by atoms with Crippen molar-refractivity contribution in [3.8, 4) is 5.69 Å². The number of rotatable bonds is 3. The molecule has 5 rings (SSSR count). The van der Waals surface area contributed by atoms with Gasteiger partial charge in [-0.1, -0.05) is 17.7 Å². The fraction of sp³-hybridized carbons (Fsp3) is 0.250. The van der Waals surface area contributed by atoms with Gasteiger partial charge in [-0.05, 0) is 56.3 Å². The zero-order chi connectivity index (χ0) is 21.5. The van der Waals surface area contributed by atoms with Crippen molar-refractivity contribution >= 4 is 33.1 Å². The van der Waals surface area contributed by atoms with E-state index in [0.717, 1.165) is 45.3 Å². The molecular weight excluding hydrogens is 411 g/mol. The van der Waals surface area contributed by atoms with E-state index in [2.05, 4.69) is 41.2 Å². The Morgan fingerprint density at radius 1 is 0.935 bits per heavy atom. The van der Waals surface area contributed by atoms with Gasteiger partial charge in [-0.2, -0.15) is 5.10 Å². The van der Waals surface area contributed by atoms with E-state index >= 15 is 0 Å². The number of hydrogen-bond donors (Lipinski definition) is 0. The third-order valence-electron chi connectivity index (χ3n) is 5.79. The monoisotopic (exact) mass is 434 g/mol. The molecule has 0 aliphatic carbocycles. The first-order chi connectivity index (χ1) is 15.0. The van der Waals surface area contributed by atoms with E-state index in [1.165, 1.54) is 29.0 Å². The number of benzene rings is 2. The molecule has 2 aromatic heterocycles. The molecule has 0 spiro atoms. The van der Waals surface area contributed by atoms with E-state index in [-0.39, 0.29) is 11.7 Å². The lowest BCUT2D eigenvalue weighted by molar-refractivity contribution is 0.0751. The Morgan fingerprint density at radius 3 is 2.26 bits per heavy atom. The number of amides is 1. The zero-order valence-electron chi connectivity index (χ0n) is 17.5. The van der Waals surface area contributed by atoms with Crippen molar-refractivity contribution in [1.29, 1.82) is 0 Å². The van der Waals surface area contributed by atoms with Gasteiger partial charge < -0.3 is 9.80 Å². The summed E-state index contributed by atoms with van der Waals surface area (Å²) in [6.07, 6.45) is 0. The van der Waals surface area contributed by atoms with Crippen LogP contribution in [0, 0.1) is 19.7 Å². The summed E-state index contributed by atoms with van der Waals surface area (Å²) in [6.45, 7) is 6.80. The van der Waals surface area contributed by atoms with Gasteiger partial charge in [0.05, 0.1) is 16.3 Å². The highest BCUT2D eigenvalue weighted by Crippen LogP contribution is 2.31. The highest BCUT2D eigenvalue weighted by atomic mass is 32.1. The zero-order valence-corrected chi connectivity index (χ0v) is 18.3. The van der Waals surface area contributed by atoms with Crippen molar-refractivity contribution in [2.45, 2.75) is 13.8 Å². The Bertz CT molecular complexity index is 1240. The van der Waals surface area contributed by atoms with E-state index in [1.54, 1.807) is 12.1 Å². The predicted molar refractivity (Wildman–Crippen MR) is 123 cm³/mol. The van der Waals surface area contributed by atoms with Crippen LogP contribution in [0.3, 0.4) is 0 Å². The van der Waals surface area contributed by atoms with Crippen LogP contribution in [0.5, 0.6) is 0 Å². The number of aromatic nitrogens is 2. The lowest BCUT2D eigenvalue weighted by Crippen LogP contribution is -2.48. The standard InChI is InChI=1S/C24H23FN4OS/c1-16-3-7-20(8-4-16)29-24-21(17(2)26-29)15-22(31-24)23(30)28-13-11-27(12-14-28)19-9-5-18(25)6-10-19/h3-10,15H,11-14H2,1-2H3. The first-order valence-corrected chi connectivity index (χ1v) is 11.2. The Morgan fingerprint density at radius 2 is 1.58 bits per heavy atom. The molecule has 0 unspecified atom stereocenters. The second-order valence-electron chi connectivity index (χ2n) is 7.92. The smallest absolute Gasteiger partial charge is 0.264 e. The summed E-state index contributed by atoms with van der Waals surface area (Å²) in [5, 5.41) is 5.71. The number of hydrogen-bond acceptors (Lipinski definition) is 4. The van der Waals surface area contributed by atoms with Gasteiger partial charge in [-0.25, -0.2) is 9.07 Å². The lowest BCUT2D eigenvalue weighted by atomic mass is 10.2. The summed E-state index contributed by atoms with van der Waals surface area (Å²) in [5.41, 5.74) is 4.11. The number of thiophene rings is 1. The second-order valence-corrected chi connectivity index (χ2v) is 8.95. The minimum absolute atomic E-state index is 0.0646. The average Bonchev–Trinajstić information content (AvgIpc) is 3.35. The molecular formula is C24H23FN4OS. The van der Waals surface area contributed by atoms with Crippen LogP contribution in [0.15, 0.2) is 54.6 Å². The van der Waals surface area contributed by atoms with Crippen molar-refractivity contribution in [2.75, 3.05) is 31.1 Å². The number of anilines is 1. The fourth-order valence-corrected chi connectivity index (χ4v) is 5.14. The number of carbonyl (C=O) groups is 1. The maximum Gasteiger partial charge on any atom is 0.264 e. The van der Waals surface area contributed by atoms with E-state index in [4.69, 9.17) is 0 Å². The van der Waals surface area contributed by atoms with Crippen molar-refractivity contribution in [3.63, 3.8) is 0 Å². The number of nitrogens with zero attached hydrogens (tertiary/aromatic N) is 4. The average molecular weight is 435 g/mol. The van der Waals surface area contributed by atoms with Crippen LogP contribution in [0.4, 0.5) is 10.1 Å². The van der Waals surface area contributed by atoms with Gasteiger partial charge in [0.2, 0.25) is 0 Å². The number of piperazine rings is 1. The minimum atomic E-state index is -0.234. The summed E-state index contributed by atoms with van der Waals surface area (Å²) < 4.78 is 15.1. The molecule has 0 radical (unpaired) electrons. The highest BCUT2D eigenvalue weighted by molar-refractivity contribution is 7.20. The predicted octanol–water partition coefficient (Wildman–Crippen LogP) is 4.81. The largest absolute Gasteiger partial charge is 0.368 e. The first-order valence-electron chi connectivity index (χ1n) is 10.4. The molecule has 4 aromatic rings. The van der Waals surface area contributed by atoms with E-state index < -0.39 is 0 Å². The molecule has 3 heterocycles. The normalized spacial score (nSPS) is 14.4. The van der Waals surface area contributed by atoms with E-state index in [0.29, 0.717) is 13.1 Å². The Hall–Kier alpha value is -3.19. The molecule has 0 bridgehead atoms. The Labute approximate surface area is 184 Å². The van der Waals surface area contributed by atoms with Crippen LogP contribution in [-0.2, 0) is 0 Å². The van der Waals surface area contributed by atoms with Crippen molar-refractivity contribution in [3.05, 3.63) is 76.5 Å². The van der Waals surface area contributed by atoms with Crippen LogP contribution >= 0.6 is 11.3 Å². The molecule has 0 atom stereocenters. The van der Waals surface area contributed by atoms with Crippen molar-refractivity contribution in [2.24, 2.45) is 0 Å². The summed E-state index contributed by atoms with van der Waals surface area (Å²) in [6, 6.07) is 16.7. The van der Waals surface area contributed by atoms with Gasteiger partial charge in [0, 0.05) is 37.3 Å². The topological polar surface area (TPSA) is 41.4 Å². The Balaban J connectivity index is 1.35. The summed E-state index contributed by atoms with van der Waals surface area (Å²) in [7, 11) is 0. The van der Waals surface area contributed by atoms with Gasteiger partial charge in [-0.15, -0.1) is 11.3 Å². The molecule has 5 nitrogen and oxygen atoms in total. The Kier molecular flexibility index (Phi) is 4.98. The molecule has 158 valence electrons. The van der Waals surface area contributed by atoms with Gasteiger partial charge in [0.25, 0.3) is 5.91 Å². The molecule has 31 heavy (non-hydrogen) atoms. The van der Waals surface area contributed by atoms with Crippen molar-refractivity contribution in [1.82, 2.24) is 14.7 Å². The van der Waals surface area contributed by atoms with Crippen LogP contribution in [0.1, 0.15) is 20.9 Å². The van der Waals surface area contributed by atoms with Gasteiger partial charge in [0.15, 0.2) is 0 Å². The highest BCUT2D eigenvalue weighted by Gasteiger charge is 2.25. The first kappa shape index (κ1) is 19.8. The third kappa shape index (κ3) is 3.70. The minimum Gasteiger partial charge on any atom is -0.368 e. The SMILES string of the molecule is Cc1ccc(-n2nc(C)c3cc(C(=O)N4CCN(c5ccc(F)cc5)CC4)sc32)cc1. The third-order valence-corrected chi connectivity index (χ3v) is 6.89. The number of fused-ring (bicyclic) bond motifs is 1. The maximum atomic E-state index is 13.2. The second kappa shape index (κ2) is 7.81. The van der Waals surface area contributed by atoms with Gasteiger partial charge in [0.1, 0.15) is 10.6 Å². The molecule has 2 aromatic carbocycles. The molecule has 1 saturated heterocycles. The number of carbonyl (C=O) groups excluding carboxylic acids is 1. The van der Waals surface area contributed by atoms with Crippen LogP contribution in [-0.4, -0.2) is 46.8 Å². The molecule has 0 N–H and O–H groups in total. The van der Waals surface area contributed by atoms with Crippen LogP contribution < -0.4 is 4.90 Å². The lowest BCUT2D eigenvalue weighted by Gasteiger charge is -2.36. The molecule has 1 aliphatic heterocycles. The summed E-state index contributed by atoms with van der Waals surface area (Å²) in [4.78, 5) is 19.0. The van der Waals surface area contributed by atoms with Crippen molar-refractivity contribution < 1.29 is 9.18 Å². The van der Waals surface area contributed by atoms with E-state index in [9.17, 15) is 9.18 Å². The summed E-state index contributed by atoms with van der Waals surface area (Å²) >= 11 is 1.50. The van der Waals surface area contributed by atoms with Gasteiger partial charge >= 0.3 is 0 Å². The molecule has 1 amide bonds. The summed E-state index contributed by atoms with van der Waals surface area (Å²) in [5.74, 6) is -0.170. The molecule has 7 heteroatoms. The quantitative estimate of drug-likeness (QED) is 0.465. The molecule has 0 saturated carbocycles. The number of halogens is 1. The van der Waals surface area contributed by atoms with E-state index in [1.807, 2.05) is 22.6 Å². The molecule has 1 aliphatic rings.